The standard InChI is InChI=1S/C8H7N/c1-2-4-8(5-3-1)9-6-7-9/h1-7H. The van der Waals surface area contributed by atoms with Gasteiger partial charge in [0.05, 0.1) is 0 Å². The lowest BCUT2D eigenvalue weighted by atomic mass is 10.3. The van der Waals surface area contributed by atoms with Crippen molar-refractivity contribution in [2.45, 2.75) is 0 Å². The van der Waals surface area contributed by atoms with Gasteiger partial charge in [-0.3, -0.25) is 0 Å². The fraction of sp³-hybridized carbons (Fsp3) is 0. The molecule has 1 nitrogen and oxygen atoms in total. The molecule has 0 bridgehead atoms. The number of para-hydroxylation sites is 1. The molecule has 0 N–H and O–H groups in total. The van der Waals surface area contributed by atoms with E-state index in [1.165, 1.54) is 5.69 Å². The topological polar surface area (TPSA) is 3.01 Å². The van der Waals surface area contributed by atoms with Gasteiger partial charge in [0, 0.05) is 18.1 Å². The van der Waals surface area contributed by atoms with Gasteiger partial charge in [-0.05, 0) is 12.1 Å². The summed E-state index contributed by atoms with van der Waals surface area (Å²) in [4.78, 5) is 2.08. The van der Waals surface area contributed by atoms with E-state index in [9.17, 15) is 0 Å². The number of nitrogens with zero attached hydrogens (tertiary/aromatic N) is 1. The number of benzene rings is 1. The summed E-state index contributed by atoms with van der Waals surface area (Å²) in [6, 6.07) is 10.3. The molecule has 9 heavy (non-hydrogen) atoms. The minimum atomic E-state index is 1.25. The molecule has 0 spiro atoms. The summed E-state index contributed by atoms with van der Waals surface area (Å²) < 4.78 is 0. The third-order valence-electron chi connectivity index (χ3n) is 1.35. The molecule has 44 valence electrons. The summed E-state index contributed by atoms with van der Waals surface area (Å²) in [7, 11) is 0. The van der Waals surface area contributed by atoms with Crippen molar-refractivity contribution in [3.63, 3.8) is 0 Å². The molecule has 1 aliphatic rings. The van der Waals surface area contributed by atoms with Crippen LogP contribution in [0.25, 0.3) is 0 Å². The first-order valence-electron chi connectivity index (χ1n) is 2.98. The first-order valence-corrected chi connectivity index (χ1v) is 2.98. The Morgan fingerprint density at radius 1 is 0.889 bits per heavy atom. The molecule has 0 saturated carbocycles. The van der Waals surface area contributed by atoms with Crippen LogP contribution in [0.2, 0.25) is 0 Å². The highest BCUT2D eigenvalue weighted by molar-refractivity contribution is 5.58. The summed E-state index contributed by atoms with van der Waals surface area (Å²) in [6.45, 7) is 0. The van der Waals surface area contributed by atoms with Gasteiger partial charge in [0.1, 0.15) is 0 Å². The molecule has 0 aromatic heterocycles. The van der Waals surface area contributed by atoms with Gasteiger partial charge in [-0.2, -0.15) is 0 Å². The molecular weight excluding hydrogens is 110 g/mol. The van der Waals surface area contributed by atoms with Crippen LogP contribution in [0, 0.1) is 0 Å². The summed E-state index contributed by atoms with van der Waals surface area (Å²) in [5, 5.41) is 0. The molecule has 1 aromatic rings. The van der Waals surface area contributed by atoms with Gasteiger partial charge < -0.3 is 4.90 Å². The third-order valence-corrected chi connectivity index (χ3v) is 1.35. The fourth-order valence-electron chi connectivity index (χ4n) is 0.806. The van der Waals surface area contributed by atoms with Gasteiger partial charge >= 0.3 is 0 Å². The fourth-order valence-corrected chi connectivity index (χ4v) is 0.806. The van der Waals surface area contributed by atoms with Gasteiger partial charge in [-0.1, -0.05) is 18.2 Å². The largest absolute Gasteiger partial charge is 0.321 e. The second-order valence-corrected chi connectivity index (χ2v) is 2.04. The molecule has 1 heteroatoms. The lowest BCUT2D eigenvalue weighted by Crippen LogP contribution is -1.86. The van der Waals surface area contributed by atoms with Crippen molar-refractivity contribution in [1.82, 2.24) is 0 Å². The highest BCUT2D eigenvalue weighted by Crippen LogP contribution is 2.20. The third kappa shape index (κ3) is 0.809. The van der Waals surface area contributed by atoms with Crippen LogP contribution in [0.1, 0.15) is 0 Å². The Bertz CT molecular complexity index is 220. The molecule has 0 radical (unpaired) electrons. The van der Waals surface area contributed by atoms with Crippen LogP contribution >= 0.6 is 0 Å². The van der Waals surface area contributed by atoms with Crippen LogP contribution in [0.4, 0.5) is 5.69 Å². The van der Waals surface area contributed by atoms with E-state index in [2.05, 4.69) is 17.0 Å². The average molecular weight is 117 g/mol. The Hall–Kier alpha value is -1.24. The second kappa shape index (κ2) is 1.62. The van der Waals surface area contributed by atoms with Crippen LogP contribution in [0.3, 0.4) is 0 Å². The number of hydrogen-bond donors (Lipinski definition) is 0. The van der Waals surface area contributed by atoms with Crippen molar-refractivity contribution < 1.29 is 0 Å². The Kier molecular flexibility index (Phi) is 0.833. The zero-order chi connectivity index (χ0) is 6.10. The van der Waals surface area contributed by atoms with E-state index in [-0.39, 0.29) is 0 Å². The molecule has 0 atom stereocenters. The van der Waals surface area contributed by atoms with E-state index >= 15 is 0 Å². The zero-order valence-electron chi connectivity index (χ0n) is 4.99. The van der Waals surface area contributed by atoms with E-state index in [1.807, 2.05) is 30.6 Å². The van der Waals surface area contributed by atoms with E-state index < -0.39 is 0 Å². The molecular formula is C8H7N. The average Bonchev–Trinajstić information content (AvgIpc) is 2.71. The van der Waals surface area contributed by atoms with Crippen molar-refractivity contribution >= 4 is 5.69 Å². The van der Waals surface area contributed by atoms with Crippen molar-refractivity contribution in [3.8, 4) is 0 Å². The highest BCUT2D eigenvalue weighted by Gasteiger charge is 2.05. The van der Waals surface area contributed by atoms with Crippen molar-refractivity contribution in [2.24, 2.45) is 0 Å². The van der Waals surface area contributed by atoms with Gasteiger partial charge in [0.2, 0.25) is 0 Å². The van der Waals surface area contributed by atoms with Crippen LogP contribution < -0.4 is 4.90 Å². The second-order valence-electron chi connectivity index (χ2n) is 2.04. The van der Waals surface area contributed by atoms with Gasteiger partial charge in [-0.25, -0.2) is 0 Å². The first-order chi connectivity index (χ1) is 4.47. The molecule has 0 aliphatic carbocycles. The summed E-state index contributed by atoms with van der Waals surface area (Å²) >= 11 is 0. The summed E-state index contributed by atoms with van der Waals surface area (Å²) in [5.41, 5.74) is 1.25. The monoisotopic (exact) mass is 117 g/mol. The zero-order valence-corrected chi connectivity index (χ0v) is 4.99. The van der Waals surface area contributed by atoms with E-state index in [0.29, 0.717) is 0 Å². The Morgan fingerprint density at radius 3 is 2.11 bits per heavy atom. The lowest BCUT2D eigenvalue weighted by Gasteiger charge is -1.98. The highest BCUT2D eigenvalue weighted by atomic mass is 15.2. The van der Waals surface area contributed by atoms with Crippen LogP contribution in [-0.4, -0.2) is 0 Å². The van der Waals surface area contributed by atoms with Crippen molar-refractivity contribution in [3.05, 3.63) is 42.7 Å². The smallest absolute Gasteiger partial charge is 0.0450 e. The Labute approximate surface area is 54.2 Å². The summed E-state index contributed by atoms with van der Waals surface area (Å²) in [5.74, 6) is 0. The van der Waals surface area contributed by atoms with Crippen LogP contribution in [0.15, 0.2) is 42.7 Å². The number of hydrogen-bond acceptors (Lipinski definition) is 1. The van der Waals surface area contributed by atoms with E-state index in [4.69, 9.17) is 0 Å². The Morgan fingerprint density at radius 2 is 1.56 bits per heavy atom. The van der Waals surface area contributed by atoms with Crippen LogP contribution in [-0.2, 0) is 0 Å². The SMILES string of the molecule is C1=CN1c1ccccc1. The predicted molar refractivity (Wildman–Crippen MR) is 38.1 cm³/mol. The minimum absolute atomic E-state index is 1.25. The molecule has 1 heterocycles. The van der Waals surface area contributed by atoms with Crippen molar-refractivity contribution in [2.75, 3.05) is 4.90 Å². The van der Waals surface area contributed by atoms with E-state index in [0.717, 1.165) is 0 Å². The molecule has 0 saturated heterocycles. The molecule has 0 fully saturated rings. The van der Waals surface area contributed by atoms with E-state index in [1.54, 1.807) is 0 Å². The molecule has 0 amide bonds. The number of rotatable bonds is 1. The number of anilines is 1. The first kappa shape index (κ1) is 4.62. The van der Waals surface area contributed by atoms with Crippen molar-refractivity contribution in [1.29, 1.82) is 0 Å². The summed E-state index contributed by atoms with van der Waals surface area (Å²) in [6.07, 6.45) is 4.07. The maximum absolute atomic E-state index is 2.08. The molecule has 1 aromatic carbocycles. The van der Waals surface area contributed by atoms with Gasteiger partial charge in [0.15, 0.2) is 0 Å². The minimum Gasteiger partial charge on any atom is -0.321 e. The van der Waals surface area contributed by atoms with Gasteiger partial charge in [0.25, 0.3) is 0 Å². The van der Waals surface area contributed by atoms with Gasteiger partial charge in [-0.15, -0.1) is 0 Å². The maximum Gasteiger partial charge on any atom is 0.0450 e. The lowest BCUT2D eigenvalue weighted by molar-refractivity contribution is 1.47. The predicted octanol–water partition coefficient (Wildman–Crippen LogP) is 1.98. The van der Waals surface area contributed by atoms with Crippen LogP contribution in [0.5, 0.6) is 0 Å². The molecule has 2 rings (SSSR count). The normalized spacial score (nSPS) is 14.0. The quantitative estimate of drug-likeness (QED) is 0.543. The molecule has 1 aliphatic heterocycles. The maximum atomic E-state index is 2.08. The molecule has 0 unspecified atom stereocenters. The Balaban J connectivity index is 2.30.